The van der Waals surface area contributed by atoms with E-state index >= 15 is 0 Å². The quantitative estimate of drug-likeness (QED) is 0.864. The molecule has 0 radical (unpaired) electrons. The molecule has 1 aromatic carbocycles. The molecule has 16 heavy (non-hydrogen) atoms. The van der Waals surface area contributed by atoms with Gasteiger partial charge in [-0.05, 0) is 24.3 Å². The normalized spacial score (nSPS) is 10.4. The van der Waals surface area contributed by atoms with E-state index in [2.05, 4.69) is 14.9 Å². The zero-order valence-electron chi connectivity index (χ0n) is 8.61. The summed E-state index contributed by atoms with van der Waals surface area (Å²) >= 11 is 8.92. The van der Waals surface area contributed by atoms with Crippen LogP contribution in [0.3, 0.4) is 0 Å². The Hall–Kier alpha value is -0.780. The van der Waals surface area contributed by atoms with Crippen molar-refractivity contribution in [1.82, 2.24) is 9.59 Å². The standard InChI is InChI=1S/C10H10ClN3S2/c1-12-10-9(13-14-16-10)6-15-8-4-2-7(11)3-5-8/h2-5,12H,6H2,1H3. The first-order valence-corrected chi connectivity index (χ1v) is 6.80. The van der Waals surface area contributed by atoms with Gasteiger partial charge in [0.15, 0.2) is 0 Å². The number of thioether (sulfide) groups is 1. The third-order valence-electron chi connectivity index (χ3n) is 1.97. The molecule has 0 aliphatic heterocycles. The maximum absolute atomic E-state index is 5.82. The molecule has 84 valence electrons. The van der Waals surface area contributed by atoms with Crippen molar-refractivity contribution in [2.45, 2.75) is 10.6 Å². The summed E-state index contributed by atoms with van der Waals surface area (Å²) in [5, 5.41) is 8.95. The number of benzene rings is 1. The lowest BCUT2D eigenvalue weighted by atomic mass is 10.4. The van der Waals surface area contributed by atoms with Crippen molar-refractivity contribution >= 4 is 39.9 Å². The first-order chi connectivity index (χ1) is 7.79. The minimum absolute atomic E-state index is 0.760. The summed E-state index contributed by atoms with van der Waals surface area (Å²) in [5.41, 5.74) is 0.993. The first-order valence-electron chi connectivity index (χ1n) is 4.67. The van der Waals surface area contributed by atoms with Crippen LogP contribution in [-0.4, -0.2) is 16.6 Å². The van der Waals surface area contributed by atoms with Crippen LogP contribution in [0, 0.1) is 0 Å². The summed E-state index contributed by atoms with van der Waals surface area (Å²) in [7, 11) is 1.88. The number of nitrogens with one attached hydrogen (secondary N) is 1. The minimum atomic E-state index is 0.760. The predicted octanol–water partition coefficient (Wildman–Crippen LogP) is 3.53. The molecule has 1 N–H and O–H groups in total. The molecule has 0 atom stereocenters. The van der Waals surface area contributed by atoms with E-state index in [-0.39, 0.29) is 0 Å². The van der Waals surface area contributed by atoms with Crippen molar-refractivity contribution in [3.63, 3.8) is 0 Å². The number of halogens is 1. The van der Waals surface area contributed by atoms with E-state index in [0.29, 0.717) is 0 Å². The molecule has 2 rings (SSSR count). The van der Waals surface area contributed by atoms with Gasteiger partial charge < -0.3 is 5.32 Å². The van der Waals surface area contributed by atoms with Gasteiger partial charge in [-0.2, -0.15) is 0 Å². The van der Waals surface area contributed by atoms with Gasteiger partial charge in [-0.1, -0.05) is 16.1 Å². The van der Waals surface area contributed by atoms with E-state index in [1.165, 1.54) is 16.4 Å². The zero-order chi connectivity index (χ0) is 11.4. The lowest BCUT2D eigenvalue weighted by Gasteiger charge is -2.01. The van der Waals surface area contributed by atoms with Gasteiger partial charge in [-0.3, -0.25) is 0 Å². The Labute approximate surface area is 107 Å². The lowest BCUT2D eigenvalue weighted by Crippen LogP contribution is -1.90. The number of rotatable bonds is 4. The molecule has 0 unspecified atom stereocenters. The number of hydrogen-bond donors (Lipinski definition) is 1. The van der Waals surface area contributed by atoms with E-state index in [1.807, 2.05) is 31.3 Å². The smallest absolute Gasteiger partial charge is 0.133 e. The highest BCUT2D eigenvalue weighted by Crippen LogP contribution is 2.27. The molecule has 0 saturated carbocycles. The van der Waals surface area contributed by atoms with Gasteiger partial charge in [0.2, 0.25) is 0 Å². The highest BCUT2D eigenvalue weighted by Gasteiger charge is 2.06. The lowest BCUT2D eigenvalue weighted by molar-refractivity contribution is 1.07. The Morgan fingerprint density at radius 1 is 1.38 bits per heavy atom. The molecule has 0 spiro atoms. The van der Waals surface area contributed by atoms with Crippen LogP contribution in [0.5, 0.6) is 0 Å². The first kappa shape index (κ1) is 11.7. The average Bonchev–Trinajstić information content (AvgIpc) is 2.76. The van der Waals surface area contributed by atoms with Crippen LogP contribution in [0.1, 0.15) is 5.69 Å². The van der Waals surface area contributed by atoms with E-state index in [0.717, 1.165) is 21.5 Å². The fourth-order valence-corrected chi connectivity index (χ4v) is 2.76. The summed E-state index contributed by atoms with van der Waals surface area (Å²) in [6, 6.07) is 7.79. The van der Waals surface area contributed by atoms with Crippen molar-refractivity contribution in [1.29, 1.82) is 0 Å². The van der Waals surface area contributed by atoms with Crippen molar-refractivity contribution in [2.24, 2.45) is 0 Å². The zero-order valence-corrected chi connectivity index (χ0v) is 11.0. The third kappa shape index (κ3) is 2.87. The number of aromatic nitrogens is 2. The van der Waals surface area contributed by atoms with Gasteiger partial charge in [0.05, 0.1) is 0 Å². The Morgan fingerprint density at radius 3 is 2.81 bits per heavy atom. The molecule has 2 aromatic rings. The van der Waals surface area contributed by atoms with Crippen LogP contribution in [0.2, 0.25) is 5.02 Å². The van der Waals surface area contributed by atoms with Crippen LogP contribution in [-0.2, 0) is 5.75 Å². The number of hydrogen-bond acceptors (Lipinski definition) is 5. The van der Waals surface area contributed by atoms with Crippen molar-refractivity contribution in [3.05, 3.63) is 35.0 Å². The van der Waals surface area contributed by atoms with Crippen LogP contribution in [0.25, 0.3) is 0 Å². The molecular weight excluding hydrogens is 262 g/mol. The Morgan fingerprint density at radius 2 is 2.12 bits per heavy atom. The highest BCUT2D eigenvalue weighted by molar-refractivity contribution is 7.98. The second-order valence-electron chi connectivity index (χ2n) is 3.04. The molecule has 0 bridgehead atoms. The van der Waals surface area contributed by atoms with Crippen LogP contribution >= 0.6 is 34.9 Å². The van der Waals surface area contributed by atoms with Crippen LogP contribution < -0.4 is 5.32 Å². The fraction of sp³-hybridized carbons (Fsp3) is 0.200. The van der Waals surface area contributed by atoms with Gasteiger partial charge in [-0.15, -0.1) is 16.9 Å². The topological polar surface area (TPSA) is 37.8 Å². The summed E-state index contributed by atoms with van der Waals surface area (Å²) in [6.45, 7) is 0. The van der Waals surface area contributed by atoms with Crippen molar-refractivity contribution in [2.75, 3.05) is 12.4 Å². The molecule has 0 aliphatic rings. The van der Waals surface area contributed by atoms with E-state index in [1.54, 1.807) is 11.8 Å². The minimum Gasteiger partial charge on any atom is -0.377 e. The van der Waals surface area contributed by atoms with Crippen LogP contribution in [0.15, 0.2) is 29.2 Å². The fourth-order valence-electron chi connectivity index (χ4n) is 1.18. The molecular formula is C10H10ClN3S2. The third-order valence-corrected chi connectivity index (χ3v) is 4.03. The molecule has 1 heterocycles. The SMILES string of the molecule is CNc1snnc1CSc1ccc(Cl)cc1. The maximum Gasteiger partial charge on any atom is 0.133 e. The second kappa shape index (κ2) is 5.52. The maximum atomic E-state index is 5.82. The summed E-state index contributed by atoms with van der Waals surface area (Å²) in [6.07, 6.45) is 0. The Balaban J connectivity index is 1.99. The van der Waals surface area contributed by atoms with Crippen molar-refractivity contribution in [3.8, 4) is 0 Å². The molecule has 6 heteroatoms. The van der Waals surface area contributed by atoms with E-state index in [9.17, 15) is 0 Å². The molecule has 3 nitrogen and oxygen atoms in total. The highest BCUT2D eigenvalue weighted by atomic mass is 35.5. The van der Waals surface area contributed by atoms with Gasteiger partial charge in [0, 0.05) is 34.3 Å². The van der Waals surface area contributed by atoms with Gasteiger partial charge in [0.25, 0.3) is 0 Å². The molecule has 0 aliphatic carbocycles. The molecule has 0 fully saturated rings. The summed E-state index contributed by atoms with van der Waals surface area (Å²) in [5.74, 6) is 0.814. The van der Waals surface area contributed by atoms with Gasteiger partial charge in [0.1, 0.15) is 10.7 Å². The van der Waals surface area contributed by atoms with Crippen LogP contribution in [0.4, 0.5) is 5.00 Å². The van der Waals surface area contributed by atoms with Gasteiger partial charge in [-0.25, -0.2) is 0 Å². The average molecular weight is 272 g/mol. The molecule has 0 amide bonds. The summed E-state index contributed by atoms with van der Waals surface area (Å²) in [4.78, 5) is 1.18. The Kier molecular flexibility index (Phi) is 4.04. The monoisotopic (exact) mass is 271 g/mol. The largest absolute Gasteiger partial charge is 0.377 e. The number of nitrogens with zero attached hydrogens (tertiary/aromatic N) is 2. The summed E-state index contributed by atoms with van der Waals surface area (Å²) < 4.78 is 3.91. The van der Waals surface area contributed by atoms with Gasteiger partial charge >= 0.3 is 0 Å². The van der Waals surface area contributed by atoms with Crippen molar-refractivity contribution < 1.29 is 0 Å². The van der Waals surface area contributed by atoms with E-state index < -0.39 is 0 Å². The molecule has 0 saturated heterocycles. The predicted molar refractivity (Wildman–Crippen MR) is 70.5 cm³/mol. The Bertz CT molecular complexity index is 455. The van der Waals surface area contributed by atoms with E-state index in [4.69, 9.17) is 11.6 Å². The molecule has 1 aromatic heterocycles. The second-order valence-corrected chi connectivity index (χ2v) is 5.28. The number of anilines is 1.